The fraction of sp³-hybridized carbons (Fsp3) is 1.00. The summed E-state index contributed by atoms with van der Waals surface area (Å²) in [6.45, 7) is 5.09. The van der Waals surface area contributed by atoms with Gasteiger partial charge in [0.05, 0.1) is 13.2 Å². The molecule has 0 aliphatic carbocycles. The second-order valence-corrected chi connectivity index (χ2v) is 4.77. The lowest BCUT2D eigenvalue weighted by atomic mass is 9.92. The van der Waals surface area contributed by atoms with Gasteiger partial charge in [0.25, 0.3) is 0 Å². The lowest BCUT2D eigenvalue weighted by molar-refractivity contribution is -0.137. The topological polar surface area (TPSA) is 38.5 Å². The first-order valence-electron chi connectivity index (χ1n) is 5.97. The molecule has 3 nitrogen and oxygen atoms in total. The van der Waals surface area contributed by atoms with E-state index in [1.807, 2.05) is 6.92 Å². The molecule has 0 aromatic rings. The molecule has 0 aromatic heterocycles. The van der Waals surface area contributed by atoms with Gasteiger partial charge >= 0.3 is 6.18 Å². The minimum absolute atomic E-state index is 0.133. The molecule has 0 amide bonds. The molecule has 1 fully saturated rings. The molecule has 6 heteroatoms. The van der Waals surface area contributed by atoms with Crippen LogP contribution in [-0.4, -0.2) is 49.5 Å². The van der Waals surface area contributed by atoms with Gasteiger partial charge in [0.15, 0.2) is 0 Å². The van der Waals surface area contributed by atoms with Crippen LogP contribution >= 0.6 is 0 Å². The third-order valence-electron chi connectivity index (χ3n) is 3.39. The number of nitrogens with zero attached hydrogens (tertiary/aromatic N) is 1. The van der Waals surface area contributed by atoms with E-state index in [1.165, 1.54) is 0 Å². The van der Waals surface area contributed by atoms with Crippen molar-refractivity contribution in [1.82, 2.24) is 4.90 Å². The van der Waals surface area contributed by atoms with Crippen molar-refractivity contribution in [2.24, 2.45) is 5.73 Å². The maximum atomic E-state index is 12.1. The van der Waals surface area contributed by atoms with Gasteiger partial charge < -0.3 is 10.5 Å². The summed E-state index contributed by atoms with van der Waals surface area (Å²) in [5.74, 6) is 0. The lowest BCUT2D eigenvalue weighted by Crippen LogP contribution is -2.55. The van der Waals surface area contributed by atoms with Gasteiger partial charge in [0.2, 0.25) is 0 Å². The highest BCUT2D eigenvalue weighted by molar-refractivity contribution is 4.88. The minimum atomic E-state index is -4.07. The highest BCUT2D eigenvalue weighted by Crippen LogP contribution is 2.27. The summed E-state index contributed by atoms with van der Waals surface area (Å²) >= 11 is 0. The first-order chi connectivity index (χ1) is 7.87. The van der Waals surface area contributed by atoms with Crippen molar-refractivity contribution in [3.05, 3.63) is 0 Å². The number of rotatable bonds is 5. The molecule has 1 saturated heterocycles. The lowest BCUT2D eigenvalue weighted by Gasteiger charge is -2.43. The number of ether oxygens (including phenoxy) is 1. The predicted octanol–water partition coefficient (Wildman–Crippen LogP) is 1.77. The molecule has 1 unspecified atom stereocenters. The number of hydrogen-bond acceptors (Lipinski definition) is 3. The van der Waals surface area contributed by atoms with Crippen LogP contribution in [0.25, 0.3) is 0 Å². The zero-order chi connectivity index (χ0) is 12.9. The van der Waals surface area contributed by atoms with E-state index in [0.717, 1.165) is 13.1 Å². The second kappa shape index (κ2) is 6.02. The highest BCUT2D eigenvalue weighted by atomic mass is 19.4. The molecule has 0 saturated carbocycles. The largest absolute Gasteiger partial charge is 0.389 e. The second-order valence-electron chi connectivity index (χ2n) is 4.77. The molecule has 1 aliphatic heterocycles. The van der Waals surface area contributed by atoms with Crippen LogP contribution < -0.4 is 5.73 Å². The molecule has 17 heavy (non-hydrogen) atoms. The van der Waals surface area contributed by atoms with Gasteiger partial charge in [-0.25, -0.2) is 0 Å². The van der Waals surface area contributed by atoms with E-state index in [0.29, 0.717) is 26.2 Å². The van der Waals surface area contributed by atoms with Gasteiger partial charge in [-0.3, -0.25) is 4.90 Å². The summed E-state index contributed by atoms with van der Waals surface area (Å²) in [5, 5.41) is 0. The van der Waals surface area contributed by atoms with Crippen LogP contribution in [0, 0.1) is 0 Å². The van der Waals surface area contributed by atoms with Gasteiger partial charge in [-0.2, -0.15) is 13.2 Å². The fourth-order valence-electron chi connectivity index (χ4n) is 2.16. The van der Waals surface area contributed by atoms with E-state index in [4.69, 9.17) is 10.5 Å². The molecule has 0 radical (unpaired) electrons. The molecule has 1 aliphatic rings. The van der Waals surface area contributed by atoms with Crippen LogP contribution in [0.1, 0.15) is 26.2 Å². The fourth-order valence-corrected chi connectivity index (χ4v) is 2.16. The average Bonchev–Trinajstić information content (AvgIpc) is 2.28. The van der Waals surface area contributed by atoms with Crippen molar-refractivity contribution < 1.29 is 17.9 Å². The number of nitrogens with two attached hydrogens (primary N) is 1. The third kappa shape index (κ3) is 4.81. The van der Waals surface area contributed by atoms with Crippen molar-refractivity contribution in [3.63, 3.8) is 0 Å². The Hall–Kier alpha value is -0.330. The Bertz CT molecular complexity index is 229. The Morgan fingerprint density at radius 2 is 1.76 bits per heavy atom. The Labute approximate surface area is 100 Å². The van der Waals surface area contributed by atoms with Crippen molar-refractivity contribution in [2.45, 2.75) is 37.9 Å². The quantitative estimate of drug-likeness (QED) is 0.812. The zero-order valence-corrected chi connectivity index (χ0v) is 10.2. The summed E-state index contributed by atoms with van der Waals surface area (Å²) in [6, 6.07) is 0. The van der Waals surface area contributed by atoms with Gasteiger partial charge in [0.1, 0.15) is 0 Å². The Morgan fingerprint density at radius 1 is 1.18 bits per heavy atom. The van der Waals surface area contributed by atoms with Crippen LogP contribution in [0.3, 0.4) is 0 Å². The zero-order valence-electron chi connectivity index (χ0n) is 10.2. The summed E-state index contributed by atoms with van der Waals surface area (Å²) in [7, 11) is 0. The number of morpholine rings is 1. The van der Waals surface area contributed by atoms with E-state index in [2.05, 4.69) is 4.90 Å². The van der Waals surface area contributed by atoms with Gasteiger partial charge in [-0.1, -0.05) is 0 Å². The number of alkyl halides is 3. The minimum Gasteiger partial charge on any atom is -0.379 e. The standard InChI is InChI=1S/C11H21F3N2O/c1-10(9-15,3-2-4-11(12,13)14)16-5-7-17-8-6-16/h2-9,15H2,1H3. The summed E-state index contributed by atoms with van der Waals surface area (Å²) < 4.78 is 41.6. The molecule has 1 rings (SSSR count). The Kier molecular flexibility index (Phi) is 5.22. The third-order valence-corrected chi connectivity index (χ3v) is 3.39. The van der Waals surface area contributed by atoms with Gasteiger partial charge in [-0.15, -0.1) is 0 Å². The van der Waals surface area contributed by atoms with Crippen LogP contribution in [0.2, 0.25) is 0 Å². The normalized spacial score (nSPS) is 22.4. The molecule has 1 heterocycles. The number of hydrogen-bond donors (Lipinski definition) is 1. The summed E-state index contributed by atoms with van der Waals surface area (Å²) in [4.78, 5) is 2.15. The van der Waals surface area contributed by atoms with E-state index in [1.54, 1.807) is 0 Å². The van der Waals surface area contributed by atoms with E-state index < -0.39 is 12.6 Å². The van der Waals surface area contributed by atoms with Gasteiger partial charge in [0, 0.05) is 31.6 Å². The molecule has 0 aromatic carbocycles. The molecular weight excluding hydrogens is 233 g/mol. The summed E-state index contributed by atoms with van der Waals surface area (Å²) in [5.41, 5.74) is 5.39. The van der Waals surface area contributed by atoms with Gasteiger partial charge in [-0.05, 0) is 19.8 Å². The Morgan fingerprint density at radius 3 is 2.24 bits per heavy atom. The first-order valence-corrected chi connectivity index (χ1v) is 5.97. The summed E-state index contributed by atoms with van der Waals surface area (Å²) in [6.07, 6.45) is -4.19. The number of halogens is 3. The molecule has 1 atom stereocenters. The molecule has 2 N–H and O–H groups in total. The molecular formula is C11H21F3N2O. The van der Waals surface area contributed by atoms with E-state index in [9.17, 15) is 13.2 Å². The van der Waals surface area contributed by atoms with Crippen molar-refractivity contribution in [3.8, 4) is 0 Å². The van der Waals surface area contributed by atoms with Crippen LogP contribution in [0.15, 0.2) is 0 Å². The molecule has 0 spiro atoms. The van der Waals surface area contributed by atoms with Crippen molar-refractivity contribution >= 4 is 0 Å². The average molecular weight is 254 g/mol. The maximum Gasteiger partial charge on any atom is 0.389 e. The van der Waals surface area contributed by atoms with Crippen LogP contribution in [0.4, 0.5) is 13.2 Å². The van der Waals surface area contributed by atoms with Crippen molar-refractivity contribution in [1.29, 1.82) is 0 Å². The first kappa shape index (κ1) is 14.7. The van der Waals surface area contributed by atoms with Crippen LogP contribution in [0.5, 0.6) is 0 Å². The predicted molar refractivity (Wildman–Crippen MR) is 59.8 cm³/mol. The smallest absolute Gasteiger partial charge is 0.379 e. The van der Waals surface area contributed by atoms with E-state index >= 15 is 0 Å². The monoisotopic (exact) mass is 254 g/mol. The van der Waals surface area contributed by atoms with E-state index in [-0.39, 0.29) is 12.0 Å². The molecule has 102 valence electrons. The highest BCUT2D eigenvalue weighted by Gasteiger charge is 2.33. The molecule has 0 bridgehead atoms. The maximum absolute atomic E-state index is 12.1. The van der Waals surface area contributed by atoms with Crippen LogP contribution in [-0.2, 0) is 4.74 Å². The SMILES string of the molecule is CC(CN)(CCCC(F)(F)F)N1CCOCC1. The Balaban J connectivity index is 2.44. The van der Waals surface area contributed by atoms with Crippen molar-refractivity contribution in [2.75, 3.05) is 32.8 Å².